The Bertz CT molecular complexity index is 1080. The van der Waals surface area contributed by atoms with Crippen molar-refractivity contribution in [1.29, 1.82) is 0 Å². The van der Waals surface area contributed by atoms with Gasteiger partial charge in [0.25, 0.3) is 5.89 Å². The highest BCUT2D eigenvalue weighted by Gasteiger charge is 2.21. The second kappa shape index (κ2) is 7.63. The summed E-state index contributed by atoms with van der Waals surface area (Å²) in [6, 6.07) is 10.6. The molecule has 3 rings (SSSR count). The summed E-state index contributed by atoms with van der Waals surface area (Å²) in [6.07, 6.45) is -1.90. The van der Waals surface area contributed by atoms with Crippen molar-refractivity contribution in [3.8, 4) is 11.5 Å². The summed E-state index contributed by atoms with van der Waals surface area (Å²) in [6.45, 7) is 1.63. The fraction of sp³-hybridized carbons (Fsp3) is 0.222. The third-order valence-electron chi connectivity index (χ3n) is 3.96. The molecular formula is C18H16F3N3O3S. The average molecular weight is 411 g/mol. The van der Waals surface area contributed by atoms with Gasteiger partial charge in [-0.1, -0.05) is 23.8 Å². The lowest BCUT2D eigenvalue weighted by Crippen LogP contribution is -2.29. The van der Waals surface area contributed by atoms with Crippen molar-refractivity contribution in [3.63, 3.8) is 0 Å². The van der Waals surface area contributed by atoms with Crippen LogP contribution < -0.4 is 4.31 Å². The Morgan fingerprint density at radius 2 is 1.79 bits per heavy atom. The Labute approximate surface area is 159 Å². The van der Waals surface area contributed by atoms with Crippen molar-refractivity contribution in [1.82, 2.24) is 10.2 Å². The zero-order valence-electron chi connectivity index (χ0n) is 14.9. The second-order valence-corrected chi connectivity index (χ2v) is 8.06. The van der Waals surface area contributed by atoms with Crippen LogP contribution in [0.2, 0.25) is 0 Å². The number of sulfonamides is 1. The van der Waals surface area contributed by atoms with E-state index in [1.807, 2.05) is 6.92 Å². The molecule has 3 aromatic rings. The molecule has 0 atom stereocenters. The maximum absolute atomic E-state index is 14.6. The lowest BCUT2D eigenvalue weighted by Gasteiger charge is -2.23. The van der Waals surface area contributed by atoms with E-state index in [4.69, 9.17) is 4.42 Å². The highest BCUT2D eigenvalue weighted by molar-refractivity contribution is 7.92. The van der Waals surface area contributed by atoms with Crippen LogP contribution in [0.25, 0.3) is 11.5 Å². The Morgan fingerprint density at radius 3 is 2.32 bits per heavy atom. The summed E-state index contributed by atoms with van der Waals surface area (Å²) in [4.78, 5) is 0. The molecule has 1 aromatic heterocycles. The quantitative estimate of drug-likeness (QED) is 0.611. The molecule has 2 aromatic carbocycles. The normalized spacial score (nSPS) is 11.8. The van der Waals surface area contributed by atoms with E-state index < -0.39 is 28.2 Å². The third kappa shape index (κ3) is 4.33. The van der Waals surface area contributed by atoms with E-state index >= 15 is 0 Å². The second-order valence-electron chi connectivity index (χ2n) is 6.16. The van der Waals surface area contributed by atoms with Crippen LogP contribution in [0, 0.1) is 12.7 Å². The summed E-state index contributed by atoms with van der Waals surface area (Å²) < 4.78 is 69.9. The number of nitrogens with zero attached hydrogens (tertiary/aromatic N) is 3. The number of halogens is 3. The molecule has 0 aliphatic rings. The first-order valence-corrected chi connectivity index (χ1v) is 9.94. The van der Waals surface area contributed by atoms with Gasteiger partial charge in [-0.05, 0) is 31.2 Å². The van der Waals surface area contributed by atoms with Gasteiger partial charge in [0.1, 0.15) is 5.82 Å². The van der Waals surface area contributed by atoms with E-state index in [1.165, 1.54) is 12.1 Å². The molecule has 0 unspecified atom stereocenters. The number of anilines is 1. The minimum absolute atomic E-state index is 0.100. The number of hydrogen-bond acceptors (Lipinski definition) is 5. The monoisotopic (exact) mass is 411 g/mol. The highest BCUT2D eigenvalue weighted by atomic mass is 32.2. The van der Waals surface area contributed by atoms with Crippen LogP contribution in [0.3, 0.4) is 0 Å². The van der Waals surface area contributed by atoms with E-state index in [-0.39, 0.29) is 23.6 Å². The van der Waals surface area contributed by atoms with Crippen molar-refractivity contribution in [2.24, 2.45) is 0 Å². The van der Waals surface area contributed by atoms with Gasteiger partial charge >= 0.3 is 6.43 Å². The average Bonchev–Trinajstić information content (AvgIpc) is 3.11. The maximum atomic E-state index is 14.6. The first-order chi connectivity index (χ1) is 13.1. The lowest BCUT2D eigenvalue weighted by molar-refractivity contribution is 0.116. The zero-order valence-corrected chi connectivity index (χ0v) is 15.8. The van der Waals surface area contributed by atoms with Crippen molar-refractivity contribution in [3.05, 3.63) is 65.3 Å². The van der Waals surface area contributed by atoms with E-state index in [1.54, 1.807) is 24.3 Å². The molecule has 1 heterocycles. The van der Waals surface area contributed by atoms with Crippen LogP contribution >= 0.6 is 0 Å². The van der Waals surface area contributed by atoms with E-state index in [0.29, 0.717) is 5.69 Å². The molecule has 0 N–H and O–H groups in total. The largest absolute Gasteiger partial charge is 0.415 e. The van der Waals surface area contributed by atoms with Crippen LogP contribution in [0.15, 0.2) is 46.9 Å². The van der Waals surface area contributed by atoms with E-state index in [9.17, 15) is 21.6 Å². The van der Waals surface area contributed by atoms with Gasteiger partial charge in [0.15, 0.2) is 0 Å². The predicted molar refractivity (Wildman–Crippen MR) is 96.9 cm³/mol. The standard InChI is InChI=1S/C18H16F3N3O3S/c1-11-3-7-14(8-4-11)24(28(2,25)26)10-13-6-5-12(9-15(13)19)17-22-23-18(27-17)16(20)21/h3-9,16H,10H2,1-2H3. The lowest BCUT2D eigenvalue weighted by atomic mass is 10.1. The molecule has 0 saturated carbocycles. The molecule has 0 fully saturated rings. The molecule has 0 spiro atoms. The molecule has 148 valence electrons. The van der Waals surface area contributed by atoms with Gasteiger partial charge < -0.3 is 4.42 Å². The predicted octanol–water partition coefficient (Wildman–Crippen LogP) is 4.09. The van der Waals surface area contributed by atoms with Gasteiger partial charge in [0.2, 0.25) is 15.9 Å². The number of hydrogen-bond donors (Lipinski definition) is 0. The van der Waals surface area contributed by atoms with Crippen LogP contribution in [-0.2, 0) is 16.6 Å². The molecule has 6 nitrogen and oxygen atoms in total. The molecule has 0 bridgehead atoms. The number of aromatic nitrogens is 2. The van der Waals surface area contributed by atoms with Crippen molar-refractivity contribution in [2.75, 3.05) is 10.6 Å². The van der Waals surface area contributed by atoms with E-state index in [0.717, 1.165) is 22.2 Å². The van der Waals surface area contributed by atoms with Crippen LogP contribution in [0.1, 0.15) is 23.4 Å². The van der Waals surface area contributed by atoms with Gasteiger partial charge in [0.05, 0.1) is 18.5 Å². The fourth-order valence-corrected chi connectivity index (χ4v) is 3.39. The topological polar surface area (TPSA) is 76.3 Å². The fourth-order valence-electron chi connectivity index (χ4n) is 2.51. The van der Waals surface area contributed by atoms with Crippen LogP contribution in [0.4, 0.5) is 18.9 Å². The molecule has 0 saturated heterocycles. The first kappa shape index (κ1) is 19.9. The smallest absolute Gasteiger partial charge is 0.314 e. The Kier molecular flexibility index (Phi) is 5.41. The third-order valence-corrected chi connectivity index (χ3v) is 5.10. The summed E-state index contributed by atoms with van der Waals surface area (Å²) in [5, 5.41) is 6.66. The molecule has 0 amide bonds. The number of alkyl halides is 2. The Balaban J connectivity index is 1.90. The van der Waals surface area contributed by atoms with Crippen molar-refractivity contribution < 1.29 is 26.0 Å². The zero-order chi connectivity index (χ0) is 20.5. The van der Waals surface area contributed by atoms with Gasteiger partial charge in [-0.2, -0.15) is 8.78 Å². The Hall–Kier alpha value is -2.88. The molecule has 0 aliphatic heterocycles. The van der Waals surface area contributed by atoms with Gasteiger partial charge in [-0.15, -0.1) is 10.2 Å². The van der Waals surface area contributed by atoms with E-state index in [2.05, 4.69) is 10.2 Å². The minimum Gasteiger partial charge on any atom is -0.415 e. The summed E-state index contributed by atoms with van der Waals surface area (Å²) >= 11 is 0. The molecule has 0 radical (unpaired) electrons. The highest BCUT2D eigenvalue weighted by Crippen LogP contribution is 2.27. The van der Waals surface area contributed by atoms with Crippen molar-refractivity contribution in [2.45, 2.75) is 19.9 Å². The molecular weight excluding hydrogens is 395 g/mol. The maximum Gasteiger partial charge on any atom is 0.314 e. The van der Waals surface area contributed by atoms with Gasteiger partial charge in [-0.3, -0.25) is 4.31 Å². The minimum atomic E-state index is -3.67. The van der Waals surface area contributed by atoms with Crippen LogP contribution in [0.5, 0.6) is 0 Å². The molecule has 28 heavy (non-hydrogen) atoms. The number of rotatable bonds is 6. The van der Waals surface area contributed by atoms with Crippen LogP contribution in [-0.4, -0.2) is 24.9 Å². The summed E-state index contributed by atoms with van der Waals surface area (Å²) in [5.74, 6) is -1.84. The van der Waals surface area contributed by atoms with Gasteiger partial charge in [0, 0.05) is 11.1 Å². The molecule has 10 heteroatoms. The summed E-state index contributed by atoms with van der Waals surface area (Å²) in [5.41, 5.74) is 1.57. The summed E-state index contributed by atoms with van der Waals surface area (Å²) in [7, 11) is -3.67. The van der Waals surface area contributed by atoms with Gasteiger partial charge in [-0.25, -0.2) is 12.8 Å². The number of aryl methyl sites for hydroxylation is 1. The first-order valence-electron chi connectivity index (χ1n) is 8.10. The molecule has 0 aliphatic carbocycles. The SMILES string of the molecule is Cc1ccc(N(Cc2ccc(-c3nnc(C(F)F)o3)cc2F)S(C)(=O)=O)cc1. The number of benzene rings is 2. The Morgan fingerprint density at radius 1 is 1.11 bits per heavy atom. The van der Waals surface area contributed by atoms with Crippen molar-refractivity contribution >= 4 is 15.7 Å².